The van der Waals surface area contributed by atoms with Crippen molar-refractivity contribution in [1.29, 1.82) is 0 Å². The van der Waals surface area contributed by atoms with Crippen molar-refractivity contribution in [1.82, 2.24) is 9.05 Å². The Morgan fingerprint density at radius 3 is 1.95 bits per heavy atom. The molecule has 11 rings (SSSR count). The number of rotatable bonds is 2. The van der Waals surface area contributed by atoms with E-state index in [1.54, 1.807) is 0 Å². The van der Waals surface area contributed by atoms with Gasteiger partial charge in [-0.15, -0.1) is 0 Å². The Kier molecular flexibility index (Phi) is 6.79. The van der Waals surface area contributed by atoms with Crippen LogP contribution in [0.2, 0.25) is 0 Å². The molecule has 4 heterocycles. The van der Waals surface area contributed by atoms with Crippen LogP contribution in [0, 0.1) is 20.8 Å². The average molecular weight is 740 g/mol. The van der Waals surface area contributed by atoms with E-state index in [4.69, 9.17) is 0 Å². The molecule has 57 heavy (non-hydrogen) atoms. The van der Waals surface area contributed by atoms with E-state index in [-0.39, 0.29) is 17.7 Å². The molecule has 2 aliphatic rings. The molecular formula is C53H50BN3. The van der Waals surface area contributed by atoms with Gasteiger partial charge in [0.25, 0.3) is 0 Å². The standard InChI is InChI=1S/C53H50BN3/c1-29-22-30(2)46(31(3)23-29)32-16-19-43-40(24-32)48-37-15-13-12-14-36(37)47-41-27-34(53(7,8)9)26-39-38-25-33(52(4,5)6)17-20-44(38)57(50(39)41)54-42-28-35(55(10)11)18-21-45(42)56(43)51(48)49(47)54/h12-28H,1-11H3. The van der Waals surface area contributed by atoms with Gasteiger partial charge in [-0.1, -0.05) is 95.6 Å². The van der Waals surface area contributed by atoms with Crippen molar-refractivity contribution in [2.45, 2.75) is 73.1 Å². The van der Waals surface area contributed by atoms with Crippen LogP contribution in [0.25, 0.3) is 82.3 Å². The Morgan fingerprint density at radius 1 is 0.561 bits per heavy atom. The summed E-state index contributed by atoms with van der Waals surface area (Å²) in [4.78, 5) is 2.25. The van der Waals surface area contributed by atoms with Gasteiger partial charge in [-0.25, -0.2) is 0 Å². The summed E-state index contributed by atoms with van der Waals surface area (Å²) in [6, 6.07) is 40.7. The zero-order chi connectivity index (χ0) is 39.6. The lowest BCUT2D eigenvalue weighted by Gasteiger charge is -2.35. The van der Waals surface area contributed by atoms with Crippen molar-refractivity contribution in [3.63, 3.8) is 0 Å². The van der Waals surface area contributed by atoms with Gasteiger partial charge in [0.2, 0.25) is 0 Å². The van der Waals surface area contributed by atoms with Crippen LogP contribution < -0.4 is 15.8 Å². The van der Waals surface area contributed by atoms with Gasteiger partial charge < -0.3 is 13.9 Å². The molecule has 2 aliphatic heterocycles. The van der Waals surface area contributed by atoms with Crippen molar-refractivity contribution in [3.05, 3.63) is 131 Å². The largest absolute Gasteiger partial charge is 0.378 e. The topological polar surface area (TPSA) is 13.1 Å². The Hall–Kier alpha value is -5.74. The molecule has 0 amide bonds. The molecule has 0 unspecified atom stereocenters. The monoisotopic (exact) mass is 739 g/mol. The molecule has 0 saturated carbocycles. The average Bonchev–Trinajstić information content (AvgIpc) is 3.67. The summed E-state index contributed by atoms with van der Waals surface area (Å²) in [7, 11) is 4.33. The number of benzene rings is 7. The summed E-state index contributed by atoms with van der Waals surface area (Å²) in [5, 5.41) is 8.04. The predicted molar refractivity (Wildman–Crippen MR) is 249 cm³/mol. The first-order chi connectivity index (χ1) is 27.1. The van der Waals surface area contributed by atoms with E-state index in [9.17, 15) is 0 Å². The minimum atomic E-state index is -0.0283. The second-order valence-corrected chi connectivity index (χ2v) is 19.5. The zero-order valence-corrected chi connectivity index (χ0v) is 35.2. The number of aromatic nitrogens is 2. The third-order valence-electron chi connectivity index (χ3n) is 13.4. The van der Waals surface area contributed by atoms with Crippen molar-refractivity contribution in [2.24, 2.45) is 0 Å². The molecule has 0 fully saturated rings. The van der Waals surface area contributed by atoms with Crippen LogP contribution in [0.3, 0.4) is 0 Å². The molecule has 0 aliphatic carbocycles. The number of nitrogens with zero attached hydrogens (tertiary/aromatic N) is 3. The highest BCUT2D eigenvalue weighted by Crippen LogP contribution is 2.50. The third-order valence-corrected chi connectivity index (χ3v) is 13.4. The highest BCUT2D eigenvalue weighted by molar-refractivity contribution is 6.90. The third kappa shape index (κ3) is 4.56. The van der Waals surface area contributed by atoms with Crippen LogP contribution in [0.4, 0.5) is 5.69 Å². The van der Waals surface area contributed by atoms with Crippen molar-refractivity contribution in [2.75, 3.05) is 19.0 Å². The van der Waals surface area contributed by atoms with E-state index in [0.29, 0.717) is 0 Å². The highest BCUT2D eigenvalue weighted by atomic mass is 15.1. The van der Waals surface area contributed by atoms with Crippen LogP contribution in [0.1, 0.15) is 69.4 Å². The van der Waals surface area contributed by atoms with Crippen LogP contribution in [-0.2, 0) is 10.8 Å². The molecule has 4 heteroatoms. The number of aryl methyl sites for hydroxylation is 3. The molecule has 2 aromatic heterocycles. The SMILES string of the molecule is Cc1cc(C)c(-c2ccc3c(c2)c2c4ccccc4c4c5c2n3-c2ccc(N(C)C)cc2B5n2c3ccc(C(C)(C)C)cc3c3cc(C(C)(C)C)cc-4c32)c(C)c1. The fraction of sp³-hybridized carbons (Fsp3) is 0.245. The van der Waals surface area contributed by atoms with Gasteiger partial charge in [-0.05, 0) is 147 Å². The Bertz CT molecular complexity index is 3240. The molecule has 0 spiro atoms. The van der Waals surface area contributed by atoms with E-state index in [0.717, 1.165) is 0 Å². The number of fused-ring (bicyclic) bond motifs is 14. The van der Waals surface area contributed by atoms with Gasteiger partial charge in [-0.2, -0.15) is 0 Å². The highest BCUT2D eigenvalue weighted by Gasteiger charge is 2.43. The molecule has 0 radical (unpaired) electrons. The zero-order valence-electron chi connectivity index (χ0n) is 35.2. The molecular weight excluding hydrogens is 689 g/mol. The van der Waals surface area contributed by atoms with E-state index >= 15 is 0 Å². The summed E-state index contributed by atoms with van der Waals surface area (Å²) in [5.41, 5.74) is 22.6. The summed E-state index contributed by atoms with van der Waals surface area (Å²) in [5.74, 6) is 0. The molecule has 7 aromatic carbocycles. The molecule has 3 nitrogen and oxygen atoms in total. The van der Waals surface area contributed by atoms with E-state index in [1.165, 1.54) is 127 Å². The van der Waals surface area contributed by atoms with Gasteiger partial charge in [0.05, 0.1) is 11.0 Å². The molecule has 280 valence electrons. The van der Waals surface area contributed by atoms with Gasteiger partial charge >= 0.3 is 6.85 Å². The second-order valence-electron chi connectivity index (χ2n) is 19.5. The van der Waals surface area contributed by atoms with E-state index in [1.807, 2.05) is 0 Å². The first-order valence-corrected chi connectivity index (χ1v) is 20.7. The Labute approximate surface area is 336 Å². The van der Waals surface area contributed by atoms with Gasteiger partial charge in [0.1, 0.15) is 0 Å². The lowest BCUT2D eigenvalue weighted by Crippen LogP contribution is -2.55. The van der Waals surface area contributed by atoms with Crippen molar-refractivity contribution >= 4 is 77.8 Å². The van der Waals surface area contributed by atoms with Crippen LogP contribution >= 0.6 is 0 Å². The van der Waals surface area contributed by atoms with Gasteiger partial charge in [-0.3, -0.25) is 0 Å². The Morgan fingerprint density at radius 2 is 1.25 bits per heavy atom. The maximum atomic E-state index is 2.74. The Balaban J connectivity index is 1.39. The molecule has 0 saturated heterocycles. The number of anilines is 1. The van der Waals surface area contributed by atoms with Crippen molar-refractivity contribution < 1.29 is 0 Å². The van der Waals surface area contributed by atoms with E-state index in [2.05, 4.69) is 193 Å². The summed E-state index contributed by atoms with van der Waals surface area (Å²) >= 11 is 0. The van der Waals surface area contributed by atoms with Crippen molar-refractivity contribution in [3.8, 4) is 27.9 Å². The first kappa shape index (κ1) is 34.5. The fourth-order valence-electron chi connectivity index (χ4n) is 10.8. The lowest BCUT2D eigenvalue weighted by molar-refractivity contribution is 0.590. The van der Waals surface area contributed by atoms with Gasteiger partial charge in [0.15, 0.2) is 0 Å². The minimum absolute atomic E-state index is 0.00616. The minimum Gasteiger partial charge on any atom is -0.378 e. The molecule has 0 N–H and O–H groups in total. The smallest absolute Gasteiger partial charge is 0.333 e. The van der Waals surface area contributed by atoms with Crippen LogP contribution in [0.5, 0.6) is 0 Å². The summed E-state index contributed by atoms with van der Waals surface area (Å²) < 4.78 is 5.36. The molecule has 9 aromatic rings. The van der Waals surface area contributed by atoms with E-state index < -0.39 is 0 Å². The quantitative estimate of drug-likeness (QED) is 0.161. The fourth-order valence-corrected chi connectivity index (χ4v) is 10.8. The molecule has 0 bridgehead atoms. The first-order valence-electron chi connectivity index (χ1n) is 20.7. The van der Waals surface area contributed by atoms with Gasteiger partial charge in [0, 0.05) is 63.6 Å². The maximum absolute atomic E-state index is 2.74. The lowest BCUT2D eigenvalue weighted by atomic mass is 9.45. The maximum Gasteiger partial charge on any atom is 0.333 e. The normalized spacial score (nSPS) is 13.5. The predicted octanol–water partition coefficient (Wildman–Crippen LogP) is 12.2. The van der Waals surface area contributed by atoms with Crippen LogP contribution in [0.15, 0.2) is 103 Å². The number of hydrogen-bond acceptors (Lipinski definition) is 1. The summed E-state index contributed by atoms with van der Waals surface area (Å²) in [6.07, 6.45) is 0. The van der Waals surface area contributed by atoms with Crippen LogP contribution in [-0.4, -0.2) is 30.0 Å². The molecule has 0 atom stereocenters. The number of hydrogen-bond donors (Lipinski definition) is 0. The summed E-state index contributed by atoms with van der Waals surface area (Å²) in [6.45, 7) is 20.8. The second kappa shape index (κ2) is 11.2.